The van der Waals surface area contributed by atoms with Crippen LogP contribution in [0.3, 0.4) is 0 Å². The summed E-state index contributed by atoms with van der Waals surface area (Å²) in [6, 6.07) is 14.1. The van der Waals surface area contributed by atoms with Gasteiger partial charge in [-0.3, -0.25) is 4.90 Å². The Hall–Kier alpha value is -2.28. The number of hydrogen-bond donors (Lipinski definition) is 1. The quantitative estimate of drug-likeness (QED) is 0.624. The third kappa shape index (κ3) is 3.53. The maximum absolute atomic E-state index is 11.7. The second-order valence-corrected chi connectivity index (χ2v) is 8.68. The van der Waals surface area contributed by atoms with Crippen molar-refractivity contribution in [2.75, 3.05) is 6.54 Å². The SMILES string of the molecule is OC1(c2ccccc2)CCN(Cc2nc(-c3cccnc3Cl)no2)C2CCCCC21. The molecule has 1 aliphatic heterocycles. The third-order valence-corrected chi connectivity index (χ3v) is 6.97. The number of nitrogens with zero attached hydrogens (tertiary/aromatic N) is 4. The average molecular weight is 425 g/mol. The van der Waals surface area contributed by atoms with E-state index in [1.165, 1.54) is 6.42 Å². The van der Waals surface area contributed by atoms with Crippen LogP contribution < -0.4 is 0 Å². The van der Waals surface area contributed by atoms with E-state index < -0.39 is 5.60 Å². The number of aliphatic hydroxyl groups is 1. The summed E-state index contributed by atoms with van der Waals surface area (Å²) < 4.78 is 5.54. The molecule has 1 N–H and O–H groups in total. The van der Waals surface area contributed by atoms with E-state index in [1.807, 2.05) is 24.3 Å². The molecule has 156 valence electrons. The first-order valence-corrected chi connectivity index (χ1v) is 11.0. The van der Waals surface area contributed by atoms with Crippen LogP contribution in [-0.2, 0) is 12.1 Å². The number of piperidine rings is 1. The molecule has 0 radical (unpaired) electrons. The zero-order valence-electron chi connectivity index (χ0n) is 16.7. The lowest BCUT2D eigenvalue weighted by atomic mass is 9.66. The third-order valence-electron chi connectivity index (χ3n) is 6.67. The minimum absolute atomic E-state index is 0.206. The number of aromatic nitrogens is 3. The van der Waals surface area contributed by atoms with Crippen molar-refractivity contribution < 1.29 is 9.63 Å². The maximum atomic E-state index is 11.7. The van der Waals surface area contributed by atoms with E-state index in [4.69, 9.17) is 16.1 Å². The first kappa shape index (κ1) is 19.7. The van der Waals surface area contributed by atoms with Crippen LogP contribution in [0.2, 0.25) is 5.15 Å². The summed E-state index contributed by atoms with van der Waals surface area (Å²) in [4.78, 5) is 11.1. The Bertz CT molecular complexity index is 1010. The molecule has 2 fully saturated rings. The van der Waals surface area contributed by atoms with E-state index >= 15 is 0 Å². The van der Waals surface area contributed by atoms with Gasteiger partial charge in [0, 0.05) is 24.7 Å². The monoisotopic (exact) mass is 424 g/mol. The molecule has 0 spiro atoms. The molecule has 1 aromatic carbocycles. The predicted octanol–water partition coefficient (Wildman–Crippen LogP) is 4.44. The number of halogens is 1. The molecule has 1 saturated carbocycles. The molecule has 3 aromatic rings. The lowest BCUT2D eigenvalue weighted by Gasteiger charge is -2.52. The van der Waals surface area contributed by atoms with Gasteiger partial charge >= 0.3 is 0 Å². The van der Waals surface area contributed by atoms with Crippen LogP contribution in [0.4, 0.5) is 0 Å². The summed E-state index contributed by atoms with van der Waals surface area (Å²) in [6.45, 7) is 1.37. The molecule has 0 bridgehead atoms. The average Bonchev–Trinajstić information content (AvgIpc) is 3.25. The molecule has 2 aromatic heterocycles. The minimum atomic E-state index is -0.772. The molecule has 1 saturated heterocycles. The number of pyridine rings is 1. The molecule has 5 rings (SSSR count). The normalized spacial score (nSPS) is 27.0. The van der Waals surface area contributed by atoms with Gasteiger partial charge in [-0.25, -0.2) is 4.98 Å². The van der Waals surface area contributed by atoms with Crippen LogP contribution in [0, 0.1) is 5.92 Å². The first-order valence-electron chi connectivity index (χ1n) is 10.6. The van der Waals surface area contributed by atoms with Gasteiger partial charge in [0.05, 0.1) is 17.7 Å². The first-order chi connectivity index (χ1) is 14.6. The van der Waals surface area contributed by atoms with Crippen LogP contribution in [0.25, 0.3) is 11.4 Å². The highest BCUT2D eigenvalue weighted by atomic mass is 35.5. The molecule has 7 heteroatoms. The molecule has 30 heavy (non-hydrogen) atoms. The summed E-state index contributed by atoms with van der Waals surface area (Å²) in [7, 11) is 0. The molecule has 3 unspecified atom stereocenters. The fourth-order valence-electron chi connectivity index (χ4n) is 5.21. The van der Waals surface area contributed by atoms with Crippen molar-refractivity contribution in [1.29, 1.82) is 0 Å². The van der Waals surface area contributed by atoms with Gasteiger partial charge < -0.3 is 9.63 Å². The number of hydrogen-bond acceptors (Lipinski definition) is 6. The van der Waals surface area contributed by atoms with Crippen molar-refractivity contribution in [2.45, 2.75) is 50.3 Å². The van der Waals surface area contributed by atoms with Crippen LogP contribution in [0.1, 0.15) is 43.6 Å². The van der Waals surface area contributed by atoms with Gasteiger partial charge in [-0.2, -0.15) is 4.98 Å². The largest absolute Gasteiger partial charge is 0.385 e. The molecule has 3 heterocycles. The van der Waals surface area contributed by atoms with Gasteiger partial charge in [0.15, 0.2) is 0 Å². The highest BCUT2D eigenvalue weighted by molar-refractivity contribution is 6.31. The fourth-order valence-corrected chi connectivity index (χ4v) is 5.41. The summed E-state index contributed by atoms with van der Waals surface area (Å²) in [5, 5.41) is 16.2. The highest BCUT2D eigenvalue weighted by Crippen LogP contribution is 2.47. The van der Waals surface area contributed by atoms with Gasteiger partial charge in [-0.1, -0.05) is 59.9 Å². The summed E-state index contributed by atoms with van der Waals surface area (Å²) in [5.74, 6) is 1.23. The van der Waals surface area contributed by atoms with Crippen molar-refractivity contribution in [2.24, 2.45) is 5.92 Å². The zero-order chi connectivity index (χ0) is 20.6. The van der Waals surface area contributed by atoms with Crippen molar-refractivity contribution >= 4 is 11.6 Å². The van der Waals surface area contributed by atoms with E-state index in [1.54, 1.807) is 12.3 Å². The molecular weight excluding hydrogens is 400 g/mol. The van der Waals surface area contributed by atoms with E-state index in [2.05, 4.69) is 32.2 Å². The van der Waals surface area contributed by atoms with E-state index in [0.717, 1.165) is 31.4 Å². The standard InChI is InChI=1S/C23H25ClN4O2/c24-21-17(9-6-13-25-21)22-26-20(30-27-22)15-28-14-12-23(29,16-7-2-1-3-8-16)18-10-4-5-11-19(18)28/h1-3,6-9,13,18-19,29H,4-5,10-12,14-15H2. The van der Waals surface area contributed by atoms with Crippen molar-refractivity contribution in [3.8, 4) is 11.4 Å². The number of rotatable bonds is 4. The molecule has 3 atom stereocenters. The van der Waals surface area contributed by atoms with Gasteiger partial charge in [-0.05, 0) is 37.0 Å². The Morgan fingerprint density at radius 2 is 1.97 bits per heavy atom. The van der Waals surface area contributed by atoms with Crippen LogP contribution in [-0.4, -0.2) is 37.7 Å². The van der Waals surface area contributed by atoms with Gasteiger partial charge in [0.25, 0.3) is 0 Å². The van der Waals surface area contributed by atoms with E-state index in [0.29, 0.717) is 41.4 Å². The van der Waals surface area contributed by atoms with E-state index in [9.17, 15) is 5.11 Å². The van der Waals surface area contributed by atoms with Crippen molar-refractivity contribution in [3.63, 3.8) is 0 Å². The van der Waals surface area contributed by atoms with Crippen LogP contribution >= 0.6 is 11.6 Å². The van der Waals surface area contributed by atoms with E-state index in [-0.39, 0.29) is 5.92 Å². The molecule has 1 aliphatic carbocycles. The van der Waals surface area contributed by atoms with Gasteiger partial charge in [0.2, 0.25) is 11.7 Å². The van der Waals surface area contributed by atoms with Gasteiger partial charge in [0.1, 0.15) is 5.15 Å². The number of benzene rings is 1. The van der Waals surface area contributed by atoms with Crippen LogP contribution in [0.15, 0.2) is 53.2 Å². The Morgan fingerprint density at radius 1 is 1.13 bits per heavy atom. The second kappa shape index (κ2) is 8.10. The molecule has 6 nitrogen and oxygen atoms in total. The summed E-state index contributed by atoms with van der Waals surface area (Å²) in [6.07, 6.45) is 6.80. The molecule has 0 amide bonds. The fraction of sp³-hybridized carbons (Fsp3) is 0.435. The number of likely N-dealkylation sites (tertiary alicyclic amines) is 1. The predicted molar refractivity (Wildman–Crippen MR) is 114 cm³/mol. The Labute approximate surface area is 180 Å². The Morgan fingerprint density at radius 3 is 2.80 bits per heavy atom. The molecule has 2 aliphatic rings. The maximum Gasteiger partial charge on any atom is 0.241 e. The number of fused-ring (bicyclic) bond motifs is 1. The lowest BCUT2D eigenvalue weighted by molar-refractivity contribution is -0.124. The zero-order valence-corrected chi connectivity index (χ0v) is 17.5. The molecular formula is C23H25ClN4O2. The Balaban J connectivity index is 1.37. The lowest BCUT2D eigenvalue weighted by Crippen LogP contribution is -2.57. The topological polar surface area (TPSA) is 75.3 Å². The Kier molecular flexibility index (Phi) is 5.31. The second-order valence-electron chi connectivity index (χ2n) is 8.32. The summed E-state index contributed by atoms with van der Waals surface area (Å²) >= 11 is 6.17. The minimum Gasteiger partial charge on any atom is -0.385 e. The van der Waals surface area contributed by atoms with Gasteiger partial charge in [-0.15, -0.1) is 0 Å². The van der Waals surface area contributed by atoms with Crippen LogP contribution in [0.5, 0.6) is 0 Å². The van der Waals surface area contributed by atoms with Crippen molar-refractivity contribution in [1.82, 2.24) is 20.0 Å². The highest BCUT2D eigenvalue weighted by Gasteiger charge is 2.49. The summed E-state index contributed by atoms with van der Waals surface area (Å²) in [5.41, 5.74) is 0.932. The smallest absolute Gasteiger partial charge is 0.241 e. The van der Waals surface area contributed by atoms with Crippen molar-refractivity contribution in [3.05, 3.63) is 65.3 Å².